The number of nitrogens with zero attached hydrogens (tertiary/aromatic N) is 1. The highest BCUT2D eigenvalue weighted by Gasteiger charge is 2.25. The van der Waals surface area contributed by atoms with Crippen LogP contribution in [0, 0.1) is 5.92 Å². The summed E-state index contributed by atoms with van der Waals surface area (Å²) in [6, 6.07) is 3.97. The lowest BCUT2D eigenvalue weighted by atomic mass is 10.1. The van der Waals surface area contributed by atoms with Crippen LogP contribution in [0.25, 0.3) is 0 Å². The minimum Gasteiger partial charge on any atom is -0.372 e. The van der Waals surface area contributed by atoms with E-state index in [1.807, 2.05) is 19.1 Å². The number of nitrogens with two attached hydrogens (primary N) is 1. The van der Waals surface area contributed by atoms with Gasteiger partial charge in [0.1, 0.15) is 0 Å². The van der Waals surface area contributed by atoms with Crippen LogP contribution in [0.15, 0.2) is 24.5 Å². The van der Waals surface area contributed by atoms with Gasteiger partial charge in [-0.3, -0.25) is 4.98 Å². The highest BCUT2D eigenvalue weighted by Crippen LogP contribution is 2.31. The van der Waals surface area contributed by atoms with Crippen molar-refractivity contribution in [3.8, 4) is 0 Å². The summed E-state index contributed by atoms with van der Waals surface area (Å²) < 4.78 is 5.86. The molecule has 0 spiro atoms. The van der Waals surface area contributed by atoms with E-state index in [1.54, 1.807) is 12.4 Å². The largest absolute Gasteiger partial charge is 0.372 e. The van der Waals surface area contributed by atoms with E-state index in [9.17, 15) is 0 Å². The molecule has 82 valence electrons. The Morgan fingerprint density at radius 1 is 1.47 bits per heavy atom. The van der Waals surface area contributed by atoms with Crippen LogP contribution in [0.2, 0.25) is 0 Å². The van der Waals surface area contributed by atoms with E-state index in [-0.39, 0.29) is 12.1 Å². The first kappa shape index (κ1) is 10.6. The van der Waals surface area contributed by atoms with Crippen molar-refractivity contribution in [3.63, 3.8) is 0 Å². The molecule has 2 unspecified atom stereocenters. The number of aromatic nitrogens is 1. The van der Waals surface area contributed by atoms with Crippen LogP contribution in [-0.4, -0.2) is 17.6 Å². The minimum absolute atomic E-state index is 0.00796. The second-order valence-corrected chi connectivity index (χ2v) is 4.34. The van der Waals surface area contributed by atoms with Gasteiger partial charge in [0.25, 0.3) is 0 Å². The molecule has 1 aliphatic carbocycles. The Morgan fingerprint density at radius 3 is 2.67 bits per heavy atom. The van der Waals surface area contributed by atoms with E-state index in [2.05, 4.69) is 4.98 Å². The van der Waals surface area contributed by atoms with Gasteiger partial charge in [0.15, 0.2) is 0 Å². The first-order valence-electron chi connectivity index (χ1n) is 5.54. The lowest BCUT2D eigenvalue weighted by Gasteiger charge is -2.21. The molecule has 0 amide bonds. The lowest BCUT2D eigenvalue weighted by molar-refractivity contribution is 0.0314. The molecule has 0 saturated heterocycles. The van der Waals surface area contributed by atoms with Crippen molar-refractivity contribution >= 4 is 0 Å². The lowest BCUT2D eigenvalue weighted by Crippen LogP contribution is -2.27. The molecule has 0 aliphatic heterocycles. The number of ether oxygens (including phenoxy) is 1. The van der Waals surface area contributed by atoms with Crippen LogP contribution in [0.3, 0.4) is 0 Å². The summed E-state index contributed by atoms with van der Waals surface area (Å²) >= 11 is 0. The molecular weight excluding hydrogens is 188 g/mol. The van der Waals surface area contributed by atoms with Gasteiger partial charge in [-0.25, -0.2) is 0 Å². The van der Waals surface area contributed by atoms with Gasteiger partial charge in [0.05, 0.1) is 12.7 Å². The van der Waals surface area contributed by atoms with E-state index < -0.39 is 0 Å². The molecule has 1 aromatic heterocycles. The Bertz CT molecular complexity index is 296. The van der Waals surface area contributed by atoms with E-state index >= 15 is 0 Å². The quantitative estimate of drug-likeness (QED) is 0.800. The average Bonchev–Trinajstić information content (AvgIpc) is 3.03. The van der Waals surface area contributed by atoms with Crippen molar-refractivity contribution in [2.45, 2.75) is 31.9 Å². The maximum atomic E-state index is 5.93. The Balaban J connectivity index is 1.98. The molecule has 1 aromatic rings. The minimum atomic E-state index is 0.00796. The Hall–Kier alpha value is -0.930. The summed E-state index contributed by atoms with van der Waals surface area (Å²) in [5, 5.41) is 0. The molecule has 1 saturated carbocycles. The maximum absolute atomic E-state index is 5.93. The van der Waals surface area contributed by atoms with E-state index in [1.165, 1.54) is 12.8 Å². The van der Waals surface area contributed by atoms with Crippen LogP contribution >= 0.6 is 0 Å². The molecule has 3 nitrogen and oxygen atoms in total. The van der Waals surface area contributed by atoms with Crippen molar-refractivity contribution in [2.75, 3.05) is 6.61 Å². The van der Waals surface area contributed by atoms with Gasteiger partial charge in [0, 0.05) is 18.4 Å². The maximum Gasteiger partial charge on any atom is 0.0974 e. The third-order valence-corrected chi connectivity index (χ3v) is 2.72. The second-order valence-electron chi connectivity index (χ2n) is 4.34. The molecule has 15 heavy (non-hydrogen) atoms. The molecule has 0 bridgehead atoms. The number of pyridine rings is 1. The fraction of sp³-hybridized carbons (Fsp3) is 0.583. The number of hydrogen-bond acceptors (Lipinski definition) is 3. The second kappa shape index (κ2) is 4.73. The van der Waals surface area contributed by atoms with Gasteiger partial charge >= 0.3 is 0 Å². The zero-order valence-corrected chi connectivity index (χ0v) is 9.10. The van der Waals surface area contributed by atoms with Gasteiger partial charge in [-0.15, -0.1) is 0 Å². The van der Waals surface area contributed by atoms with Crippen molar-refractivity contribution in [1.29, 1.82) is 0 Å². The topological polar surface area (TPSA) is 48.1 Å². The molecular formula is C12H18N2O. The monoisotopic (exact) mass is 206 g/mol. The Labute approximate surface area is 90.7 Å². The van der Waals surface area contributed by atoms with Gasteiger partial charge in [-0.1, -0.05) is 0 Å². The number of rotatable bonds is 5. The van der Waals surface area contributed by atoms with Gasteiger partial charge in [0.2, 0.25) is 0 Å². The van der Waals surface area contributed by atoms with Gasteiger partial charge in [-0.05, 0) is 43.4 Å². The van der Waals surface area contributed by atoms with Crippen molar-refractivity contribution in [2.24, 2.45) is 11.7 Å². The smallest absolute Gasteiger partial charge is 0.0974 e. The molecule has 3 heteroatoms. The summed E-state index contributed by atoms with van der Waals surface area (Å²) in [5.74, 6) is 0.771. The van der Waals surface area contributed by atoms with Crippen LogP contribution < -0.4 is 5.73 Å². The number of hydrogen-bond donors (Lipinski definition) is 1. The van der Waals surface area contributed by atoms with Crippen LogP contribution in [0.1, 0.15) is 31.4 Å². The average molecular weight is 206 g/mol. The van der Waals surface area contributed by atoms with Gasteiger partial charge < -0.3 is 10.5 Å². The first-order chi connectivity index (χ1) is 7.27. The molecule has 2 rings (SSSR count). The molecule has 2 atom stereocenters. The first-order valence-corrected chi connectivity index (χ1v) is 5.54. The molecule has 1 aliphatic rings. The molecule has 0 aromatic carbocycles. The van der Waals surface area contributed by atoms with Crippen LogP contribution in [-0.2, 0) is 4.74 Å². The Morgan fingerprint density at radius 2 is 2.13 bits per heavy atom. The predicted molar refractivity (Wildman–Crippen MR) is 59.3 cm³/mol. The van der Waals surface area contributed by atoms with Crippen molar-refractivity contribution in [3.05, 3.63) is 30.1 Å². The Kier molecular flexibility index (Phi) is 3.34. The summed E-state index contributed by atoms with van der Waals surface area (Å²) in [6.07, 6.45) is 6.19. The molecule has 1 heterocycles. The summed E-state index contributed by atoms with van der Waals surface area (Å²) in [7, 11) is 0. The third kappa shape index (κ3) is 3.01. The molecule has 0 radical (unpaired) electrons. The van der Waals surface area contributed by atoms with Crippen molar-refractivity contribution in [1.82, 2.24) is 4.98 Å². The highest BCUT2D eigenvalue weighted by atomic mass is 16.5. The molecule has 2 N–H and O–H groups in total. The van der Waals surface area contributed by atoms with E-state index in [0.717, 1.165) is 18.1 Å². The standard InChI is InChI=1S/C12H18N2O/c1-9(13)12(15-8-10-2-3-10)11-4-6-14-7-5-11/h4-7,9-10,12H,2-3,8,13H2,1H3. The van der Waals surface area contributed by atoms with Crippen LogP contribution in [0.4, 0.5) is 0 Å². The normalized spacial score (nSPS) is 19.9. The fourth-order valence-corrected chi connectivity index (χ4v) is 1.63. The van der Waals surface area contributed by atoms with Crippen LogP contribution in [0.5, 0.6) is 0 Å². The molecule has 1 fully saturated rings. The summed E-state index contributed by atoms with van der Waals surface area (Å²) in [4.78, 5) is 4.00. The zero-order valence-electron chi connectivity index (χ0n) is 9.10. The SMILES string of the molecule is CC(N)C(OCC1CC1)c1ccncc1. The van der Waals surface area contributed by atoms with E-state index in [4.69, 9.17) is 10.5 Å². The summed E-state index contributed by atoms with van der Waals surface area (Å²) in [6.45, 7) is 2.83. The highest BCUT2D eigenvalue weighted by molar-refractivity contribution is 5.15. The third-order valence-electron chi connectivity index (χ3n) is 2.72. The van der Waals surface area contributed by atoms with Crippen molar-refractivity contribution < 1.29 is 4.74 Å². The summed E-state index contributed by atoms with van der Waals surface area (Å²) in [5.41, 5.74) is 7.06. The fourth-order valence-electron chi connectivity index (χ4n) is 1.63. The predicted octanol–water partition coefficient (Wildman–Crippen LogP) is 1.90. The van der Waals surface area contributed by atoms with E-state index in [0.29, 0.717) is 0 Å². The zero-order chi connectivity index (χ0) is 10.7. The van der Waals surface area contributed by atoms with Gasteiger partial charge in [-0.2, -0.15) is 0 Å².